The number of aromatic nitrogens is 3. The number of nitrogens with zero attached hydrogens (tertiary/aromatic N) is 4. The molecule has 0 spiro atoms. The second-order valence-electron chi connectivity index (χ2n) is 6.42. The molecule has 0 aromatic carbocycles. The highest BCUT2D eigenvalue weighted by Gasteiger charge is 2.36. The average Bonchev–Trinajstić information content (AvgIpc) is 2.63. The molecule has 2 aliphatic rings. The van der Waals surface area contributed by atoms with Crippen molar-refractivity contribution >= 4 is 5.69 Å². The SMILES string of the molecule is COc1ncc(N2CCc3ncnc(OC4CNC4)c3C2)cc1C(F)(F)F. The van der Waals surface area contributed by atoms with Gasteiger partial charge in [0.15, 0.2) is 0 Å². The second-order valence-corrected chi connectivity index (χ2v) is 6.42. The van der Waals surface area contributed by atoms with Crippen LogP contribution < -0.4 is 19.7 Å². The van der Waals surface area contributed by atoms with Crippen LogP contribution in [0.25, 0.3) is 0 Å². The fourth-order valence-electron chi connectivity index (χ4n) is 3.12. The van der Waals surface area contributed by atoms with E-state index in [-0.39, 0.29) is 6.10 Å². The van der Waals surface area contributed by atoms with Crippen LogP contribution in [0.5, 0.6) is 11.8 Å². The highest BCUT2D eigenvalue weighted by Crippen LogP contribution is 2.38. The summed E-state index contributed by atoms with van der Waals surface area (Å²) in [5, 5.41) is 3.12. The zero-order chi connectivity index (χ0) is 19.0. The molecule has 7 nitrogen and oxygen atoms in total. The zero-order valence-corrected chi connectivity index (χ0v) is 14.6. The van der Waals surface area contributed by atoms with Crippen LogP contribution in [-0.4, -0.2) is 47.8 Å². The largest absolute Gasteiger partial charge is 0.481 e. The van der Waals surface area contributed by atoms with Crippen LogP contribution in [0.1, 0.15) is 16.8 Å². The molecule has 2 aliphatic heterocycles. The first-order chi connectivity index (χ1) is 13.0. The number of fused-ring (bicyclic) bond motifs is 1. The standard InChI is InChI=1S/C17H18F3N5O2/c1-26-16-13(17(18,19)20)4-10(5-22-16)25-3-2-14-12(8-25)15(24-9-23-14)27-11-6-21-7-11/h4-5,9,11,21H,2-3,6-8H2,1H3. The number of hydrogen-bond acceptors (Lipinski definition) is 7. The highest BCUT2D eigenvalue weighted by molar-refractivity contribution is 5.53. The summed E-state index contributed by atoms with van der Waals surface area (Å²) in [6.07, 6.45) is -1.05. The molecule has 4 rings (SSSR count). The first-order valence-electron chi connectivity index (χ1n) is 8.52. The smallest absolute Gasteiger partial charge is 0.421 e. The lowest BCUT2D eigenvalue weighted by atomic mass is 10.1. The molecular weight excluding hydrogens is 363 g/mol. The Hall–Kier alpha value is -2.62. The van der Waals surface area contributed by atoms with E-state index < -0.39 is 17.6 Å². The van der Waals surface area contributed by atoms with Crippen molar-refractivity contribution in [3.05, 3.63) is 35.4 Å². The Bertz CT molecular complexity index is 842. The Balaban J connectivity index is 1.62. The monoisotopic (exact) mass is 381 g/mol. The molecule has 1 saturated heterocycles. The van der Waals surface area contributed by atoms with E-state index in [1.807, 2.05) is 4.90 Å². The van der Waals surface area contributed by atoms with Crippen molar-refractivity contribution in [1.82, 2.24) is 20.3 Å². The number of anilines is 1. The topological polar surface area (TPSA) is 72.4 Å². The summed E-state index contributed by atoms with van der Waals surface area (Å²) in [6, 6.07) is 1.07. The Morgan fingerprint density at radius 3 is 2.67 bits per heavy atom. The van der Waals surface area contributed by atoms with Gasteiger partial charge in [-0.05, 0) is 6.07 Å². The molecular formula is C17H18F3N5O2. The second kappa shape index (κ2) is 6.84. The highest BCUT2D eigenvalue weighted by atomic mass is 19.4. The van der Waals surface area contributed by atoms with E-state index in [4.69, 9.17) is 9.47 Å². The van der Waals surface area contributed by atoms with E-state index in [9.17, 15) is 13.2 Å². The van der Waals surface area contributed by atoms with Crippen LogP contribution in [-0.2, 0) is 19.1 Å². The molecule has 0 aliphatic carbocycles. The average molecular weight is 381 g/mol. The van der Waals surface area contributed by atoms with Crippen LogP contribution in [0.4, 0.5) is 18.9 Å². The lowest BCUT2D eigenvalue weighted by Crippen LogP contribution is -2.50. The van der Waals surface area contributed by atoms with Crippen molar-refractivity contribution in [1.29, 1.82) is 0 Å². The van der Waals surface area contributed by atoms with Gasteiger partial charge in [0.25, 0.3) is 0 Å². The van der Waals surface area contributed by atoms with Crippen LogP contribution in [0, 0.1) is 0 Å². The minimum atomic E-state index is -4.54. The molecule has 0 atom stereocenters. The molecule has 2 aromatic rings. The number of hydrogen-bond donors (Lipinski definition) is 1. The number of pyridine rings is 1. The zero-order valence-electron chi connectivity index (χ0n) is 14.6. The van der Waals surface area contributed by atoms with E-state index >= 15 is 0 Å². The van der Waals surface area contributed by atoms with Gasteiger partial charge in [0.2, 0.25) is 11.8 Å². The van der Waals surface area contributed by atoms with E-state index in [0.717, 1.165) is 30.4 Å². The molecule has 1 N–H and O–H groups in total. The Kier molecular flexibility index (Phi) is 4.50. The van der Waals surface area contributed by atoms with Gasteiger partial charge in [0.05, 0.1) is 36.8 Å². The van der Waals surface area contributed by atoms with Gasteiger partial charge in [-0.3, -0.25) is 0 Å². The summed E-state index contributed by atoms with van der Waals surface area (Å²) in [4.78, 5) is 14.2. The van der Waals surface area contributed by atoms with E-state index in [1.54, 1.807) is 0 Å². The normalized spacial score (nSPS) is 17.3. The van der Waals surface area contributed by atoms with Gasteiger partial charge in [-0.25, -0.2) is 15.0 Å². The van der Waals surface area contributed by atoms with Crippen molar-refractivity contribution < 1.29 is 22.6 Å². The predicted octanol–water partition coefficient (Wildman–Crippen LogP) is 1.81. The molecule has 0 radical (unpaired) electrons. The number of rotatable bonds is 4. The molecule has 0 saturated carbocycles. The van der Waals surface area contributed by atoms with Crippen molar-refractivity contribution in [3.8, 4) is 11.8 Å². The van der Waals surface area contributed by atoms with Crippen molar-refractivity contribution in [2.45, 2.75) is 25.2 Å². The molecule has 0 amide bonds. The Labute approximate surface area is 153 Å². The molecule has 2 aromatic heterocycles. The summed E-state index contributed by atoms with van der Waals surface area (Å²) < 4.78 is 50.5. The first-order valence-corrected chi connectivity index (χ1v) is 8.52. The lowest BCUT2D eigenvalue weighted by Gasteiger charge is -2.33. The van der Waals surface area contributed by atoms with E-state index in [1.165, 1.54) is 19.6 Å². The van der Waals surface area contributed by atoms with Crippen LogP contribution >= 0.6 is 0 Å². The van der Waals surface area contributed by atoms with E-state index in [0.29, 0.717) is 31.1 Å². The van der Waals surface area contributed by atoms with Crippen molar-refractivity contribution in [2.24, 2.45) is 0 Å². The number of ether oxygens (including phenoxy) is 2. The molecule has 1 fully saturated rings. The van der Waals surface area contributed by atoms with Crippen LogP contribution in [0.3, 0.4) is 0 Å². The van der Waals surface area contributed by atoms with Gasteiger partial charge < -0.3 is 19.7 Å². The first kappa shape index (κ1) is 17.8. The number of alkyl halides is 3. The molecule has 0 bridgehead atoms. The summed E-state index contributed by atoms with van der Waals surface area (Å²) in [6.45, 7) is 2.39. The van der Waals surface area contributed by atoms with Crippen molar-refractivity contribution in [3.63, 3.8) is 0 Å². The number of methoxy groups -OCH3 is 1. The molecule has 10 heteroatoms. The fourth-order valence-corrected chi connectivity index (χ4v) is 3.12. The lowest BCUT2D eigenvalue weighted by molar-refractivity contribution is -0.139. The van der Waals surface area contributed by atoms with Gasteiger partial charge in [0, 0.05) is 26.1 Å². The van der Waals surface area contributed by atoms with Gasteiger partial charge in [0.1, 0.15) is 18.0 Å². The molecule has 0 unspecified atom stereocenters. The van der Waals surface area contributed by atoms with E-state index in [2.05, 4.69) is 20.3 Å². The number of halogens is 3. The third-order valence-electron chi connectivity index (χ3n) is 4.69. The third-order valence-corrected chi connectivity index (χ3v) is 4.69. The Morgan fingerprint density at radius 1 is 1.19 bits per heavy atom. The molecule has 144 valence electrons. The maximum atomic E-state index is 13.3. The predicted molar refractivity (Wildman–Crippen MR) is 89.9 cm³/mol. The van der Waals surface area contributed by atoms with Crippen LogP contribution in [0.2, 0.25) is 0 Å². The van der Waals surface area contributed by atoms with Gasteiger partial charge >= 0.3 is 6.18 Å². The van der Waals surface area contributed by atoms with Crippen molar-refractivity contribution in [2.75, 3.05) is 31.6 Å². The summed E-state index contributed by atoms with van der Waals surface area (Å²) in [5.41, 5.74) is 1.14. The summed E-state index contributed by atoms with van der Waals surface area (Å²) in [5.74, 6) is 0.0576. The third kappa shape index (κ3) is 3.48. The maximum absolute atomic E-state index is 13.3. The summed E-state index contributed by atoms with van der Waals surface area (Å²) >= 11 is 0. The minimum Gasteiger partial charge on any atom is -0.481 e. The number of nitrogens with one attached hydrogen (secondary N) is 1. The fraction of sp³-hybridized carbons (Fsp3) is 0.471. The van der Waals surface area contributed by atoms with Gasteiger partial charge in [-0.1, -0.05) is 0 Å². The Morgan fingerprint density at radius 2 is 2.00 bits per heavy atom. The summed E-state index contributed by atoms with van der Waals surface area (Å²) in [7, 11) is 1.17. The van der Waals surface area contributed by atoms with Crippen LogP contribution in [0.15, 0.2) is 18.6 Å². The molecule has 27 heavy (non-hydrogen) atoms. The maximum Gasteiger partial charge on any atom is 0.421 e. The molecule has 4 heterocycles. The minimum absolute atomic E-state index is 0.0545. The van der Waals surface area contributed by atoms with Gasteiger partial charge in [-0.2, -0.15) is 13.2 Å². The quantitative estimate of drug-likeness (QED) is 0.866. The van der Waals surface area contributed by atoms with Gasteiger partial charge in [-0.15, -0.1) is 0 Å².